The van der Waals surface area contributed by atoms with E-state index in [0.717, 1.165) is 6.07 Å². The molecule has 0 unspecified atom stereocenters. The van der Waals surface area contributed by atoms with Crippen molar-refractivity contribution in [1.82, 2.24) is 0 Å². The summed E-state index contributed by atoms with van der Waals surface area (Å²) >= 11 is 0. The molecule has 4 aromatic rings. The van der Waals surface area contributed by atoms with Crippen molar-refractivity contribution in [2.45, 2.75) is 13.1 Å². The maximum Gasteiger partial charge on any atom is 0.453 e. The van der Waals surface area contributed by atoms with Crippen LogP contribution >= 0.6 is 0 Å². The number of esters is 1. The molecule has 0 amide bonds. The van der Waals surface area contributed by atoms with Gasteiger partial charge in [0.1, 0.15) is 11.3 Å². The van der Waals surface area contributed by atoms with Gasteiger partial charge in [-0.15, -0.1) is 0 Å². The number of rotatable bonds is 6. The van der Waals surface area contributed by atoms with Gasteiger partial charge in [-0.1, -0.05) is 12.1 Å². The minimum absolute atomic E-state index is 0.0159. The Morgan fingerprint density at radius 3 is 2.49 bits per heavy atom. The summed E-state index contributed by atoms with van der Waals surface area (Å²) in [5.41, 5.74) is -1.38. The number of carbonyl (C=O) groups excluding carboxylic acids is 1. The van der Waals surface area contributed by atoms with Crippen LogP contribution in [0, 0.1) is 0 Å². The fraction of sp³-hybridized carbons (Fsp3) is 0.154. The Balaban J connectivity index is 1.51. The van der Waals surface area contributed by atoms with Crippen molar-refractivity contribution in [3.05, 3.63) is 82.2 Å². The van der Waals surface area contributed by atoms with Crippen LogP contribution < -0.4 is 29.1 Å². The summed E-state index contributed by atoms with van der Waals surface area (Å²) in [5, 5.41) is -0.209. The first-order chi connectivity index (χ1) is 17.7. The Kier molecular flexibility index (Phi) is 6.12. The van der Waals surface area contributed by atoms with Crippen LogP contribution in [-0.2, 0) is 6.18 Å². The normalized spacial score (nSPS) is 12.4. The topological polar surface area (TPSA) is 93.4 Å². The van der Waals surface area contributed by atoms with E-state index in [0.29, 0.717) is 11.5 Å². The predicted octanol–water partition coefficient (Wildman–Crippen LogP) is 5.95. The second-order valence-electron chi connectivity index (χ2n) is 7.68. The average molecular weight is 514 g/mol. The van der Waals surface area contributed by atoms with E-state index in [1.807, 2.05) is 0 Å². The second-order valence-corrected chi connectivity index (χ2v) is 7.68. The SMILES string of the molecule is CCOc1ccccc1Oc1c(C(F)(F)F)oc2cc(OC(=O)c3ccc4c(c3)OCO4)ccc2c1=O. The number of alkyl halides is 3. The van der Waals surface area contributed by atoms with Gasteiger partial charge in [-0.3, -0.25) is 4.79 Å². The van der Waals surface area contributed by atoms with E-state index < -0.39 is 34.7 Å². The fourth-order valence-corrected chi connectivity index (χ4v) is 3.61. The highest BCUT2D eigenvalue weighted by Gasteiger charge is 2.41. The van der Waals surface area contributed by atoms with Crippen LogP contribution in [0.5, 0.6) is 34.5 Å². The van der Waals surface area contributed by atoms with Crippen LogP contribution in [0.15, 0.2) is 69.9 Å². The van der Waals surface area contributed by atoms with E-state index in [2.05, 4.69) is 0 Å². The van der Waals surface area contributed by atoms with E-state index in [-0.39, 0.29) is 41.6 Å². The Labute approximate surface area is 206 Å². The zero-order valence-corrected chi connectivity index (χ0v) is 19.1. The second kappa shape index (κ2) is 9.41. The zero-order valence-electron chi connectivity index (χ0n) is 19.1. The smallest absolute Gasteiger partial charge is 0.453 e. The van der Waals surface area contributed by atoms with Gasteiger partial charge in [0.2, 0.25) is 18.0 Å². The molecule has 0 radical (unpaired) electrons. The standard InChI is InChI=1S/C26H17F3O8/c1-2-32-17-5-3-4-6-19(17)36-23-22(30)16-9-8-15(12-20(16)37-24(23)26(27,28)29)35-25(31)14-7-10-18-21(11-14)34-13-33-18/h3-12H,2,13H2,1H3. The molecular formula is C26H17F3O8. The molecule has 1 aliphatic heterocycles. The summed E-state index contributed by atoms with van der Waals surface area (Å²) in [6.07, 6.45) is -5.07. The summed E-state index contributed by atoms with van der Waals surface area (Å²) < 4.78 is 73.2. The van der Waals surface area contributed by atoms with Crippen LogP contribution in [-0.4, -0.2) is 19.4 Å². The lowest BCUT2D eigenvalue weighted by atomic mass is 10.2. The van der Waals surface area contributed by atoms with Gasteiger partial charge < -0.3 is 28.1 Å². The predicted molar refractivity (Wildman–Crippen MR) is 123 cm³/mol. The van der Waals surface area contributed by atoms with Gasteiger partial charge in [-0.05, 0) is 49.4 Å². The Morgan fingerprint density at radius 2 is 1.73 bits per heavy atom. The highest BCUT2D eigenvalue weighted by Crippen LogP contribution is 2.40. The van der Waals surface area contributed by atoms with Crippen LogP contribution in [0.3, 0.4) is 0 Å². The minimum atomic E-state index is -5.07. The maximum absolute atomic E-state index is 13.9. The lowest BCUT2D eigenvalue weighted by Crippen LogP contribution is -2.16. The molecule has 3 aromatic carbocycles. The number of para-hydroxylation sites is 2. The monoisotopic (exact) mass is 514 g/mol. The van der Waals surface area contributed by atoms with Crippen molar-refractivity contribution in [2.75, 3.05) is 13.4 Å². The molecule has 0 fully saturated rings. The van der Waals surface area contributed by atoms with Crippen LogP contribution in [0.4, 0.5) is 13.2 Å². The average Bonchev–Trinajstić information content (AvgIpc) is 3.34. The number of benzene rings is 3. The van der Waals surface area contributed by atoms with Crippen LogP contribution in [0.2, 0.25) is 0 Å². The van der Waals surface area contributed by atoms with Gasteiger partial charge in [0.25, 0.3) is 5.76 Å². The Bertz CT molecular complexity index is 1560. The summed E-state index contributed by atoms with van der Waals surface area (Å²) in [6, 6.07) is 13.9. The van der Waals surface area contributed by atoms with Gasteiger partial charge >= 0.3 is 12.1 Å². The molecule has 0 aliphatic carbocycles. The van der Waals surface area contributed by atoms with Crippen molar-refractivity contribution in [3.63, 3.8) is 0 Å². The Hall–Kier alpha value is -4.67. The number of halogens is 3. The van der Waals surface area contributed by atoms with Gasteiger partial charge in [0.05, 0.1) is 17.6 Å². The molecule has 0 N–H and O–H groups in total. The molecule has 0 saturated carbocycles. The van der Waals surface area contributed by atoms with Crippen LogP contribution in [0.1, 0.15) is 23.0 Å². The Morgan fingerprint density at radius 1 is 0.973 bits per heavy atom. The zero-order chi connectivity index (χ0) is 26.2. The highest BCUT2D eigenvalue weighted by molar-refractivity contribution is 5.92. The largest absolute Gasteiger partial charge is 0.490 e. The lowest BCUT2D eigenvalue weighted by molar-refractivity contribution is -0.154. The molecule has 1 aliphatic rings. The highest BCUT2D eigenvalue weighted by atomic mass is 19.4. The molecule has 11 heteroatoms. The summed E-state index contributed by atoms with van der Waals surface area (Å²) in [5.74, 6) is -2.74. The van der Waals surface area contributed by atoms with Crippen molar-refractivity contribution in [3.8, 4) is 34.5 Å². The summed E-state index contributed by atoms with van der Waals surface area (Å²) in [6.45, 7) is 1.94. The quantitative estimate of drug-likeness (QED) is 0.230. The number of fused-ring (bicyclic) bond motifs is 2. The minimum Gasteiger partial charge on any atom is -0.490 e. The molecule has 37 heavy (non-hydrogen) atoms. The third-order valence-electron chi connectivity index (χ3n) is 5.26. The molecular weight excluding hydrogens is 497 g/mol. The molecule has 8 nitrogen and oxygen atoms in total. The van der Waals surface area contributed by atoms with E-state index in [9.17, 15) is 22.8 Å². The van der Waals surface area contributed by atoms with E-state index in [4.69, 9.17) is 28.1 Å². The molecule has 5 rings (SSSR count). The molecule has 190 valence electrons. The number of hydrogen-bond donors (Lipinski definition) is 0. The third kappa shape index (κ3) is 4.75. The molecule has 2 heterocycles. The van der Waals surface area contributed by atoms with E-state index in [1.54, 1.807) is 13.0 Å². The lowest BCUT2D eigenvalue weighted by Gasteiger charge is -2.15. The molecule has 0 atom stereocenters. The third-order valence-corrected chi connectivity index (χ3v) is 5.26. The van der Waals surface area contributed by atoms with Gasteiger partial charge in [0.15, 0.2) is 23.0 Å². The summed E-state index contributed by atoms with van der Waals surface area (Å²) in [4.78, 5) is 25.6. The van der Waals surface area contributed by atoms with E-state index >= 15 is 0 Å². The first-order valence-corrected chi connectivity index (χ1v) is 10.9. The molecule has 0 bridgehead atoms. The number of ether oxygens (including phenoxy) is 5. The number of hydrogen-bond acceptors (Lipinski definition) is 8. The van der Waals surface area contributed by atoms with Crippen molar-refractivity contribution in [1.29, 1.82) is 0 Å². The maximum atomic E-state index is 13.9. The van der Waals surface area contributed by atoms with Gasteiger partial charge in [-0.25, -0.2) is 4.79 Å². The van der Waals surface area contributed by atoms with Gasteiger partial charge in [-0.2, -0.15) is 13.2 Å². The van der Waals surface area contributed by atoms with Gasteiger partial charge in [0, 0.05) is 6.07 Å². The fourth-order valence-electron chi connectivity index (χ4n) is 3.61. The molecule has 1 aromatic heterocycles. The van der Waals surface area contributed by atoms with Crippen molar-refractivity contribution < 1.29 is 46.1 Å². The van der Waals surface area contributed by atoms with E-state index in [1.165, 1.54) is 48.5 Å². The first kappa shape index (κ1) is 24.0. The summed E-state index contributed by atoms with van der Waals surface area (Å²) in [7, 11) is 0. The number of carbonyl (C=O) groups is 1. The first-order valence-electron chi connectivity index (χ1n) is 10.9. The molecule has 0 saturated heterocycles. The molecule has 0 spiro atoms. The van der Waals surface area contributed by atoms with Crippen molar-refractivity contribution >= 4 is 16.9 Å². The van der Waals surface area contributed by atoms with Crippen molar-refractivity contribution in [2.24, 2.45) is 0 Å². The van der Waals surface area contributed by atoms with Crippen LogP contribution in [0.25, 0.3) is 11.0 Å².